The summed E-state index contributed by atoms with van der Waals surface area (Å²) in [5, 5.41) is 30.9. The number of aliphatic hydroxyl groups is 1. The fraction of sp³-hybridized carbons (Fsp3) is 0.643. The standard InChI is InChI=1S/C14H22N4O8/c15-7(4-10(20)21)12(24)17-8(6-19)14(26)18-3-1-2-9(18)13(25)16-5-11(22)23/h7-9,19H,1-6,15H2,(H,16,25)(H,17,24)(H,20,21)(H,22,23). The Hall–Kier alpha value is -2.73. The van der Waals surface area contributed by atoms with Gasteiger partial charge in [-0.3, -0.25) is 24.0 Å². The first-order valence-electron chi connectivity index (χ1n) is 7.86. The zero-order valence-electron chi connectivity index (χ0n) is 13.9. The Morgan fingerprint density at radius 2 is 1.81 bits per heavy atom. The van der Waals surface area contributed by atoms with Gasteiger partial charge in [-0.25, -0.2) is 0 Å². The van der Waals surface area contributed by atoms with Crippen molar-refractivity contribution < 1.29 is 39.3 Å². The predicted molar refractivity (Wildman–Crippen MR) is 84.6 cm³/mol. The normalized spacial score (nSPS) is 18.7. The van der Waals surface area contributed by atoms with Gasteiger partial charge < -0.3 is 36.6 Å². The van der Waals surface area contributed by atoms with E-state index in [-0.39, 0.29) is 6.54 Å². The average Bonchev–Trinajstić information content (AvgIpc) is 3.05. The van der Waals surface area contributed by atoms with Gasteiger partial charge in [-0.15, -0.1) is 0 Å². The van der Waals surface area contributed by atoms with E-state index in [4.69, 9.17) is 15.9 Å². The average molecular weight is 374 g/mol. The number of nitrogens with one attached hydrogen (secondary N) is 2. The molecule has 0 bridgehead atoms. The van der Waals surface area contributed by atoms with Crippen molar-refractivity contribution in [3.05, 3.63) is 0 Å². The summed E-state index contributed by atoms with van der Waals surface area (Å²) < 4.78 is 0. The number of amides is 3. The first-order valence-corrected chi connectivity index (χ1v) is 7.86. The van der Waals surface area contributed by atoms with E-state index >= 15 is 0 Å². The number of aliphatic carboxylic acids is 2. The first-order chi connectivity index (χ1) is 12.2. The summed E-state index contributed by atoms with van der Waals surface area (Å²) in [6.45, 7) is -1.18. The lowest BCUT2D eigenvalue weighted by atomic mass is 10.1. The Labute approximate surface area is 148 Å². The topological polar surface area (TPSA) is 199 Å². The highest BCUT2D eigenvalue weighted by molar-refractivity contribution is 5.94. The predicted octanol–water partition coefficient (Wildman–Crippen LogP) is -3.54. The quantitative estimate of drug-likeness (QED) is 0.236. The Balaban J connectivity index is 2.73. The van der Waals surface area contributed by atoms with Crippen molar-refractivity contribution >= 4 is 29.7 Å². The van der Waals surface area contributed by atoms with Gasteiger partial charge in [0.05, 0.1) is 19.1 Å². The molecule has 0 aromatic rings. The number of aliphatic hydroxyl groups excluding tert-OH is 1. The minimum atomic E-state index is -1.40. The van der Waals surface area contributed by atoms with Crippen molar-refractivity contribution in [3.63, 3.8) is 0 Å². The second-order valence-corrected chi connectivity index (χ2v) is 5.75. The van der Waals surface area contributed by atoms with Gasteiger partial charge in [-0.2, -0.15) is 0 Å². The number of likely N-dealkylation sites (tertiary alicyclic amines) is 1. The van der Waals surface area contributed by atoms with Crippen LogP contribution in [0.5, 0.6) is 0 Å². The highest BCUT2D eigenvalue weighted by Gasteiger charge is 2.37. The van der Waals surface area contributed by atoms with Crippen LogP contribution in [0.25, 0.3) is 0 Å². The fourth-order valence-electron chi connectivity index (χ4n) is 2.53. The van der Waals surface area contributed by atoms with E-state index < -0.39 is 67.4 Å². The van der Waals surface area contributed by atoms with E-state index in [0.717, 1.165) is 4.90 Å². The zero-order valence-corrected chi connectivity index (χ0v) is 13.9. The summed E-state index contributed by atoms with van der Waals surface area (Å²) in [7, 11) is 0. The van der Waals surface area contributed by atoms with E-state index in [1.807, 2.05) is 0 Å². The van der Waals surface area contributed by atoms with Crippen LogP contribution in [0, 0.1) is 0 Å². The number of carboxylic acid groups (broad SMARTS) is 2. The van der Waals surface area contributed by atoms with Crippen LogP contribution in [-0.4, -0.2) is 87.7 Å². The molecular weight excluding hydrogens is 352 g/mol. The van der Waals surface area contributed by atoms with Crippen LogP contribution in [0.1, 0.15) is 19.3 Å². The van der Waals surface area contributed by atoms with Gasteiger partial charge >= 0.3 is 11.9 Å². The van der Waals surface area contributed by atoms with Gasteiger partial charge in [0.25, 0.3) is 0 Å². The maximum Gasteiger partial charge on any atom is 0.322 e. The van der Waals surface area contributed by atoms with Gasteiger partial charge in [0.1, 0.15) is 18.6 Å². The van der Waals surface area contributed by atoms with E-state index in [2.05, 4.69) is 10.6 Å². The second kappa shape index (κ2) is 9.68. The van der Waals surface area contributed by atoms with E-state index in [9.17, 15) is 29.1 Å². The number of hydrogen-bond acceptors (Lipinski definition) is 7. The molecule has 1 saturated heterocycles. The number of nitrogens with two attached hydrogens (primary N) is 1. The van der Waals surface area contributed by atoms with Crippen LogP contribution in [0.2, 0.25) is 0 Å². The molecule has 1 heterocycles. The summed E-state index contributed by atoms with van der Waals surface area (Å²) in [6, 6.07) is -3.71. The Kier molecular flexibility index (Phi) is 7.93. The number of hydrogen-bond donors (Lipinski definition) is 6. The largest absolute Gasteiger partial charge is 0.481 e. The third kappa shape index (κ3) is 5.97. The van der Waals surface area contributed by atoms with Crippen molar-refractivity contribution in [3.8, 4) is 0 Å². The van der Waals surface area contributed by atoms with Crippen molar-refractivity contribution in [1.29, 1.82) is 0 Å². The van der Waals surface area contributed by atoms with Crippen molar-refractivity contribution in [1.82, 2.24) is 15.5 Å². The number of carbonyl (C=O) groups excluding carboxylic acids is 3. The Morgan fingerprint density at radius 3 is 2.35 bits per heavy atom. The van der Waals surface area contributed by atoms with Crippen LogP contribution >= 0.6 is 0 Å². The van der Waals surface area contributed by atoms with Gasteiger partial charge in [0.2, 0.25) is 17.7 Å². The molecule has 0 aromatic carbocycles. The van der Waals surface area contributed by atoms with Crippen molar-refractivity contribution in [2.24, 2.45) is 5.73 Å². The van der Waals surface area contributed by atoms with E-state index in [1.54, 1.807) is 0 Å². The molecule has 3 atom stereocenters. The molecule has 3 unspecified atom stereocenters. The third-order valence-corrected chi connectivity index (χ3v) is 3.78. The molecule has 0 saturated carbocycles. The summed E-state index contributed by atoms with van der Waals surface area (Å²) in [4.78, 5) is 58.6. The van der Waals surface area contributed by atoms with Crippen LogP contribution in [-0.2, 0) is 24.0 Å². The van der Waals surface area contributed by atoms with E-state index in [0.29, 0.717) is 12.8 Å². The summed E-state index contributed by atoms with van der Waals surface area (Å²) in [6.07, 6.45) is 0.144. The smallest absolute Gasteiger partial charge is 0.322 e. The molecule has 0 aliphatic carbocycles. The minimum absolute atomic E-state index is 0.192. The highest BCUT2D eigenvalue weighted by atomic mass is 16.4. The van der Waals surface area contributed by atoms with Gasteiger partial charge in [0, 0.05) is 6.54 Å². The van der Waals surface area contributed by atoms with Gasteiger partial charge in [-0.05, 0) is 12.8 Å². The molecule has 0 spiro atoms. The maximum absolute atomic E-state index is 12.5. The monoisotopic (exact) mass is 374 g/mol. The minimum Gasteiger partial charge on any atom is -0.481 e. The molecule has 26 heavy (non-hydrogen) atoms. The molecule has 1 aliphatic rings. The molecular formula is C14H22N4O8. The van der Waals surface area contributed by atoms with Crippen LogP contribution < -0.4 is 16.4 Å². The van der Waals surface area contributed by atoms with Crippen LogP contribution in [0.4, 0.5) is 0 Å². The summed E-state index contributed by atoms with van der Waals surface area (Å²) >= 11 is 0. The molecule has 0 aromatic heterocycles. The SMILES string of the molecule is NC(CC(=O)O)C(=O)NC(CO)C(=O)N1CCCC1C(=O)NCC(=O)O. The fourth-order valence-corrected chi connectivity index (χ4v) is 2.53. The molecule has 12 heteroatoms. The zero-order chi connectivity index (χ0) is 19.9. The molecule has 1 fully saturated rings. The number of carboxylic acids is 2. The summed E-state index contributed by atoms with van der Waals surface area (Å²) in [5.74, 6) is -4.84. The van der Waals surface area contributed by atoms with Crippen molar-refractivity contribution in [2.75, 3.05) is 19.7 Å². The molecule has 7 N–H and O–H groups in total. The Bertz CT molecular complexity index is 581. The van der Waals surface area contributed by atoms with Crippen LogP contribution in [0.3, 0.4) is 0 Å². The second-order valence-electron chi connectivity index (χ2n) is 5.75. The lowest BCUT2D eigenvalue weighted by Crippen LogP contribution is -2.57. The maximum atomic E-state index is 12.5. The molecule has 146 valence electrons. The lowest BCUT2D eigenvalue weighted by molar-refractivity contribution is -0.143. The van der Waals surface area contributed by atoms with Gasteiger partial charge in [0.15, 0.2) is 0 Å². The van der Waals surface area contributed by atoms with E-state index in [1.165, 1.54) is 0 Å². The number of carbonyl (C=O) groups is 5. The lowest BCUT2D eigenvalue weighted by Gasteiger charge is -2.28. The molecule has 3 amide bonds. The number of nitrogens with zero attached hydrogens (tertiary/aromatic N) is 1. The van der Waals surface area contributed by atoms with Crippen molar-refractivity contribution in [2.45, 2.75) is 37.4 Å². The highest BCUT2D eigenvalue weighted by Crippen LogP contribution is 2.18. The molecule has 1 aliphatic heterocycles. The molecule has 12 nitrogen and oxygen atoms in total. The van der Waals surface area contributed by atoms with Gasteiger partial charge in [-0.1, -0.05) is 0 Å². The molecule has 0 radical (unpaired) electrons. The molecule has 1 rings (SSSR count). The number of rotatable bonds is 9. The Morgan fingerprint density at radius 1 is 1.15 bits per heavy atom. The summed E-state index contributed by atoms with van der Waals surface area (Å²) in [5.41, 5.74) is 5.40. The van der Waals surface area contributed by atoms with Crippen LogP contribution in [0.15, 0.2) is 0 Å². The first kappa shape index (κ1) is 21.3. The third-order valence-electron chi connectivity index (χ3n) is 3.78.